The summed E-state index contributed by atoms with van der Waals surface area (Å²) in [6.45, 7) is 1.78. The molecule has 0 aliphatic carbocycles. The molecule has 2 aromatic carbocycles. The molecule has 0 bridgehead atoms. The van der Waals surface area contributed by atoms with E-state index in [1.165, 1.54) is 6.07 Å². The minimum Gasteiger partial charge on any atom is -0.370 e. The van der Waals surface area contributed by atoms with Crippen molar-refractivity contribution in [2.45, 2.75) is 6.42 Å². The monoisotopic (exact) mass is 365 g/mol. The Kier molecular flexibility index (Phi) is 6.33. The zero-order valence-corrected chi connectivity index (χ0v) is 15.6. The Morgan fingerprint density at radius 3 is 2.37 bits per heavy atom. The molecule has 2 N–H and O–H groups in total. The highest BCUT2D eigenvalue weighted by Gasteiger charge is 2.09. The van der Waals surface area contributed by atoms with Crippen LogP contribution < -0.4 is 10.6 Å². The van der Waals surface area contributed by atoms with Crippen LogP contribution in [0.1, 0.15) is 6.42 Å². The Labute approximate surface area is 159 Å². The third-order valence-electron chi connectivity index (χ3n) is 3.98. The molecule has 0 radical (unpaired) electrons. The van der Waals surface area contributed by atoms with Crippen LogP contribution >= 0.6 is 0 Å². The summed E-state index contributed by atoms with van der Waals surface area (Å²) in [7, 11) is 4.10. The predicted molar refractivity (Wildman–Crippen MR) is 109 cm³/mol. The van der Waals surface area contributed by atoms with Crippen LogP contribution in [0.5, 0.6) is 0 Å². The summed E-state index contributed by atoms with van der Waals surface area (Å²) < 4.78 is 14.0. The smallest absolute Gasteiger partial charge is 0.163 e. The second-order valence-corrected chi connectivity index (χ2v) is 6.52. The van der Waals surface area contributed by atoms with E-state index in [9.17, 15) is 4.39 Å². The van der Waals surface area contributed by atoms with Crippen molar-refractivity contribution in [3.63, 3.8) is 0 Å². The van der Waals surface area contributed by atoms with E-state index in [0.29, 0.717) is 23.1 Å². The van der Waals surface area contributed by atoms with E-state index in [-0.39, 0.29) is 5.82 Å². The highest BCUT2D eigenvalue weighted by atomic mass is 19.1. The lowest BCUT2D eigenvalue weighted by Gasteiger charge is -2.13. The fourth-order valence-electron chi connectivity index (χ4n) is 2.63. The van der Waals surface area contributed by atoms with Gasteiger partial charge in [0.25, 0.3) is 0 Å². The van der Waals surface area contributed by atoms with Gasteiger partial charge in [0, 0.05) is 18.2 Å². The molecular weight excluding hydrogens is 341 g/mol. The summed E-state index contributed by atoms with van der Waals surface area (Å²) in [6.07, 6.45) is 0.994. The lowest BCUT2D eigenvalue weighted by molar-refractivity contribution is 0.405. The van der Waals surface area contributed by atoms with E-state index in [0.717, 1.165) is 25.1 Å². The molecule has 0 unspecified atom stereocenters. The highest BCUT2D eigenvalue weighted by molar-refractivity contribution is 5.65. The number of hydrogen-bond donors (Lipinski definition) is 2. The molecule has 0 fully saturated rings. The standard InChI is InChI=1S/C21H24FN5/c1-27(2)14-8-13-23-19-15-20(24-18-12-7-6-11-17(18)22)26-21(25-19)16-9-4-3-5-10-16/h3-7,9-12,15H,8,13-14H2,1-2H3,(H2,23,24,25,26). The third-order valence-corrected chi connectivity index (χ3v) is 3.98. The van der Waals surface area contributed by atoms with Crippen LogP contribution in [0.4, 0.5) is 21.7 Å². The summed E-state index contributed by atoms with van der Waals surface area (Å²) in [4.78, 5) is 11.3. The number of aromatic nitrogens is 2. The maximum absolute atomic E-state index is 14.0. The normalized spacial score (nSPS) is 10.8. The molecule has 6 heteroatoms. The Bertz CT molecular complexity index is 867. The van der Waals surface area contributed by atoms with E-state index in [1.54, 1.807) is 24.3 Å². The van der Waals surface area contributed by atoms with E-state index >= 15 is 0 Å². The molecule has 0 aliphatic rings. The van der Waals surface area contributed by atoms with Crippen molar-refractivity contribution >= 4 is 17.3 Å². The minimum atomic E-state index is -0.321. The molecule has 0 saturated heterocycles. The van der Waals surface area contributed by atoms with Crippen LogP contribution in [-0.2, 0) is 0 Å². The van der Waals surface area contributed by atoms with Crippen molar-refractivity contribution in [2.75, 3.05) is 37.8 Å². The SMILES string of the molecule is CN(C)CCCNc1cc(Nc2ccccc2F)nc(-c2ccccc2)n1. The Hall–Kier alpha value is -2.99. The van der Waals surface area contributed by atoms with E-state index in [1.807, 2.05) is 30.3 Å². The van der Waals surface area contributed by atoms with Crippen LogP contribution in [0, 0.1) is 5.82 Å². The van der Waals surface area contributed by atoms with Gasteiger partial charge in [-0.1, -0.05) is 42.5 Å². The number of para-hydroxylation sites is 1. The van der Waals surface area contributed by atoms with Gasteiger partial charge in [0.2, 0.25) is 0 Å². The molecule has 0 spiro atoms. The van der Waals surface area contributed by atoms with Crippen molar-refractivity contribution in [2.24, 2.45) is 0 Å². The van der Waals surface area contributed by atoms with Gasteiger partial charge in [0.15, 0.2) is 5.82 Å². The molecule has 3 aromatic rings. The van der Waals surface area contributed by atoms with Crippen molar-refractivity contribution in [1.82, 2.24) is 14.9 Å². The van der Waals surface area contributed by atoms with E-state index in [4.69, 9.17) is 0 Å². The molecule has 1 aromatic heterocycles. The van der Waals surface area contributed by atoms with Crippen LogP contribution in [0.3, 0.4) is 0 Å². The zero-order chi connectivity index (χ0) is 19.1. The number of rotatable bonds is 8. The first-order chi connectivity index (χ1) is 13.1. The number of anilines is 3. The molecule has 0 amide bonds. The third kappa shape index (κ3) is 5.49. The Morgan fingerprint density at radius 2 is 1.63 bits per heavy atom. The maximum atomic E-state index is 14.0. The molecule has 140 valence electrons. The number of hydrogen-bond acceptors (Lipinski definition) is 5. The van der Waals surface area contributed by atoms with Gasteiger partial charge < -0.3 is 15.5 Å². The lowest BCUT2D eigenvalue weighted by atomic mass is 10.2. The van der Waals surface area contributed by atoms with E-state index in [2.05, 4.69) is 39.6 Å². The van der Waals surface area contributed by atoms with Crippen molar-refractivity contribution in [3.05, 3.63) is 66.5 Å². The average Bonchev–Trinajstić information content (AvgIpc) is 2.67. The minimum absolute atomic E-state index is 0.321. The largest absolute Gasteiger partial charge is 0.370 e. The quantitative estimate of drug-likeness (QED) is 0.580. The molecule has 3 rings (SSSR count). The van der Waals surface area contributed by atoms with Crippen LogP contribution in [-0.4, -0.2) is 42.1 Å². The van der Waals surface area contributed by atoms with E-state index < -0.39 is 0 Å². The number of nitrogens with zero attached hydrogens (tertiary/aromatic N) is 3. The van der Waals surface area contributed by atoms with Crippen LogP contribution in [0.25, 0.3) is 11.4 Å². The molecular formula is C21H24FN5. The summed E-state index contributed by atoms with van der Waals surface area (Å²) in [5.41, 5.74) is 1.29. The van der Waals surface area contributed by atoms with Crippen molar-refractivity contribution in [3.8, 4) is 11.4 Å². The van der Waals surface area contributed by atoms with Gasteiger partial charge in [-0.15, -0.1) is 0 Å². The molecule has 27 heavy (non-hydrogen) atoms. The van der Waals surface area contributed by atoms with Crippen molar-refractivity contribution in [1.29, 1.82) is 0 Å². The van der Waals surface area contributed by atoms with Gasteiger partial charge in [-0.2, -0.15) is 0 Å². The lowest BCUT2D eigenvalue weighted by Crippen LogP contribution is -2.16. The molecule has 0 atom stereocenters. The van der Waals surface area contributed by atoms with Crippen LogP contribution in [0.2, 0.25) is 0 Å². The van der Waals surface area contributed by atoms with Crippen molar-refractivity contribution < 1.29 is 4.39 Å². The Morgan fingerprint density at radius 1 is 0.926 bits per heavy atom. The fraction of sp³-hybridized carbons (Fsp3) is 0.238. The van der Waals surface area contributed by atoms with Gasteiger partial charge in [-0.3, -0.25) is 0 Å². The average molecular weight is 365 g/mol. The first-order valence-electron chi connectivity index (χ1n) is 8.96. The summed E-state index contributed by atoms with van der Waals surface area (Å²) >= 11 is 0. The second-order valence-electron chi connectivity index (χ2n) is 6.52. The van der Waals surface area contributed by atoms with Gasteiger partial charge in [-0.05, 0) is 39.2 Å². The first kappa shape index (κ1) is 18.8. The molecule has 0 aliphatic heterocycles. The Balaban J connectivity index is 1.85. The maximum Gasteiger partial charge on any atom is 0.163 e. The van der Waals surface area contributed by atoms with Gasteiger partial charge >= 0.3 is 0 Å². The number of nitrogens with one attached hydrogen (secondary N) is 2. The molecule has 0 saturated carbocycles. The number of halogens is 1. The summed E-state index contributed by atoms with van der Waals surface area (Å²) in [6, 6.07) is 18.1. The first-order valence-corrected chi connectivity index (χ1v) is 8.96. The topological polar surface area (TPSA) is 53.1 Å². The second kappa shape index (κ2) is 9.09. The predicted octanol–water partition coefficient (Wildman–Crippen LogP) is 4.39. The fourth-order valence-corrected chi connectivity index (χ4v) is 2.63. The summed E-state index contributed by atoms with van der Waals surface area (Å²) in [5.74, 6) is 1.52. The van der Waals surface area contributed by atoms with Gasteiger partial charge in [0.05, 0.1) is 5.69 Å². The van der Waals surface area contributed by atoms with Crippen LogP contribution in [0.15, 0.2) is 60.7 Å². The summed E-state index contributed by atoms with van der Waals surface area (Å²) in [5, 5.41) is 6.40. The van der Waals surface area contributed by atoms with Gasteiger partial charge in [-0.25, -0.2) is 14.4 Å². The van der Waals surface area contributed by atoms with Gasteiger partial charge in [0.1, 0.15) is 17.5 Å². The highest BCUT2D eigenvalue weighted by Crippen LogP contribution is 2.24. The molecule has 5 nitrogen and oxygen atoms in total. The number of benzene rings is 2. The zero-order valence-electron chi connectivity index (χ0n) is 15.6. The molecule has 1 heterocycles.